The lowest BCUT2D eigenvalue weighted by Crippen LogP contribution is -2.22. The van der Waals surface area contributed by atoms with Gasteiger partial charge < -0.3 is 4.74 Å². The minimum atomic E-state index is -1.03. The Morgan fingerprint density at radius 2 is 1.52 bits per heavy atom. The molecule has 0 aromatic heterocycles. The van der Waals surface area contributed by atoms with Crippen LogP contribution in [0.3, 0.4) is 0 Å². The zero-order valence-corrected chi connectivity index (χ0v) is 13.7. The second-order valence-corrected chi connectivity index (χ2v) is 10.0. The van der Waals surface area contributed by atoms with Gasteiger partial charge in [0.1, 0.15) is 5.75 Å². The third kappa shape index (κ3) is 3.30. The van der Waals surface area contributed by atoms with Crippen molar-refractivity contribution in [1.82, 2.24) is 0 Å². The fraction of sp³-hybridized carbons (Fsp3) is 0.368. The van der Waals surface area contributed by atoms with Crippen molar-refractivity contribution in [2.75, 3.05) is 19.4 Å². The molecule has 1 aliphatic heterocycles. The normalized spacial score (nSPS) is 17.4. The second kappa shape index (κ2) is 6.62. The van der Waals surface area contributed by atoms with E-state index in [-0.39, 0.29) is 0 Å². The third-order valence-electron chi connectivity index (χ3n) is 4.62. The first kappa shape index (κ1) is 14.6. The molecule has 0 N–H and O–H groups in total. The summed E-state index contributed by atoms with van der Waals surface area (Å²) in [5, 5.41) is 1.63. The monoisotopic (exact) mass is 299 g/mol. The maximum absolute atomic E-state index is 5.28. The summed E-state index contributed by atoms with van der Waals surface area (Å²) in [6.07, 6.45) is 8.31. The summed E-state index contributed by atoms with van der Waals surface area (Å²) >= 11 is 0. The van der Waals surface area contributed by atoms with Crippen molar-refractivity contribution in [2.24, 2.45) is 0 Å². The van der Waals surface area contributed by atoms with Crippen LogP contribution < -0.4 is 10.0 Å². The van der Waals surface area contributed by atoms with Crippen molar-refractivity contribution in [3.8, 4) is 5.75 Å². The molecule has 1 nitrogen and oxygen atoms in total. The second-order valence-electron chi connectivity index (χ2n) is 5.99. The van der Waals surface area contributed by atoms with Crippen LogP contribution in [0.5, 0.6) is 5.75 Å². The van der Waals surface area contributed by atoms with Crippen molar-refractivity contribution < 1.29 is 4.74 Å². The molecule has 1 heterocycles. The molecular formula is C19H24OP+. The van der Waals surface area contributed by atoms with Crippen molar-refractivity contribution in [3.05, 3.63) is 60.2 Å². The summed E-state index contributed by atoms with van der Waals surface area (Å²) < 4.78 is 5.28. The lowest BCUT2D eigenvalue weighted by atomic mass is 10.2. The highest BCUT2D eigenvalue weighted by atomic mass is 31.2. The van der Waals surface area contributed by atoms with Crippen molar-refractivity contribution in [3.63, 3.8) is 0 Å². The molecule has 0 bridgehead atoms. The van der Waals surface area contributed by atoms with Gasteiger partial charge >= 0.3 is 0 Å². The van der Waals surface area contributed by atoms with E-state index in [4.69, 9.17) is 4.74 Å². The quantitative estimate of drug-likeness (QED) is 0.742. The molecule has 0 unspecified atom stereocenters. The van der Waals surface area contributed by atoms with E-state index in [0.29, 0.717) is 0 Å². The van der Waals surface area contributed by atoms with Crippen molar-refractivity contribution >= 4 is 12.6 Å². The Morgan fingerprint density at radius 1 is 0.857 bits per heavy atom. The van der Waals surface area contributed by atoms with Gasteiger partial charge in [0.15, 0.2) is 0 Å². The van der Waals surface area contributed by atoms with Gasteiger partial charge in [0.2, 0.25) is 0 Å². The van der Waals surface area contributed by atoms with Crippen LogP contribution in [0.25, 0.3) is 0 Å². The highest BCUT2D eigenvalue weighted by Gasteiger charge is 2.41. The van der Waals surface area contributed by atoms with E-state index in [9.17, 15) is 0 Å². The van der Waals surface area contributed by atoms with Gasteiger partial charge in [-0.3, -0.25) is 0 Å². The first-order valence-electron chi connectivity index (χ1n) is 7.87. The molecule has 2 aromatic carbocycles. The molecule has 0 aliphatic carbocycles. The molecule has 0 spiro atoms. The van der Waals surface area contributed by atoms with Crippen molar-refractivity contribution in [2.45, 2.75) is 25.4 Å². The Morgan fingerprint density at radius 3 is 2.14 bits per heavy atom. The summed E-state index contributed by atoms with van der Waals surface area (Å²) in [4.78, 5) is 0. The summed E-state index contributed by atoms with van der Waals surface area (Å²) in [6, 6.07) is 20.0. The first-order valence-corrected chi connectivity index (χ1v) is 10.2. The van der Waals surface area contributed by atoms with Crippen LogP contribution in [0.4, 0.5) is 0 Å². The van der Waals surface area contributed by atoms with E-state index < -0.39 is 7.26 Å². The van der Waals surface area contributed by atoms with Crippen LogP contribution in [0.15, 0.2) is 54.6 Å². The average Bonchev–Trinajstić information content (AvgIpc) is 2.57. The molecule has 0 radical (unpaired) electrons. The van der Waals surface area contributed by atoms with E-state index in [1.165, 1.54) is 43.3 Å². The topological polar surface area (TPSA) is 9.23 Å². The molecule has 0 saturated carbocycles. The standard InChI is InChI=1S/C19H24OP/c1-20-18-12-10-17(11-13-18)16-21(14-6-3-7-15-21)19-8-4-2-5-9-19/h2,4-5,8-13H,3,6-7,14-16H2,1H3/q+1. The van der Waals surface area contributed by atoms with Crippen LogP contribution in [0.1, 0.15) is 24.8 Å². The molecule has 21 heavy (non-hydrogen) atoms. The average molecular weight is 299 g/mol. The highest BCUT2D eigenvalue weighted by molar-refractivity contribution is 7.82. The Hall–Kier alpha value is -1.33. The molecule has 110 valence electrons. The Labute approximate surface area is 128 Å². The Bertz CT molecular complexity index is 556. The zero-order valence-electron chi connectivity index (χ0n) is 12.8. The van der Waals surface area contributed by atoms with E-state index >= 15 is 0 Å². The number of rotatable bonds is 4. The largest absolute Gasteiger partial charge is 0.497 e. The molecule has 0 atom stereocenters. The minimum absolute atomic E-state index is 0.953. The Balaban J connectivity index is 1.88. The predicted octanol–water partition coefficient (Wildman–Crippen LogP) is 4.72. The van der Waals surface area contributed by atoms with Crippen LogP contribution in [0.2, 0.25) is 0 Å². The molecule has 2 heteroatoms. The van der Waals surface area contributed by atoms with Crippen molar-refractivity contribution in [1.29, 1.82) is 0 Å². The van der Waals surface area contributed by atoms with Crippen LogP contribution in [0, 0.1) is 0 Å². The SMILES string of the molecule is COc1ccc(C[P+]2(c3ccccc3)CCCCC2)cc1. The third-order valence-corrected chi connectivity index (χ3v) is 9.33. The zero-order chi connectivity index (χ0) is 14.5. The molecular weight excluding hydrogens is 275 g/mol. The van der Waals surface area contributed by atoms with Gasteiger partial charge in [-0.1, -0.05) is 30.3 Å². The molecule has 3 rings (SSSR count). The summed E-state index contributed by atoms with van der Waals surface area (Å²) in [5.74, 6) is 0.953. The van der Waals surface area contributed by atoms with E-state index in [2.05, 4.69) is 54.6 Å². The smallest absolute Gasteiger partial charge is 0.118 e. The van der Waals surface area contributed by atoms with Crippen LogP contribution >= 0.6 is 7.26 Å². The lowest BCUT2D eigenvalue weighted by molar-refractivity contribution is 0.414. The van der Waals surface area contributed by atoms with E-state index in [1.54, 1.807) is 12.4 Å². The predicted molar refractivity (Wildman–Crippen MR) is 93.3 cm³/mol. The van der Waals surface area contributed by atoms with Crippen LogP contribution in [-0.2, 0) is 6.16 Å². The number of hydrogen-bond acceptors (Lipinski definition) is 1. The fourth-order valence-corrected chi connectivity index (χ4v) is 8.06. The van der Waals surface area contributed by atoms with Gasteiger partial charge in [-0.25, -0.2) is 0 Å². The van der Waals surface area contributed by atoms with Gasteiger partial charge in [0.05, 0.1) is 38.2 Å². The number of methoxy groups -OCH3 is 1. The summed E-state index contributed by atoms with van der Waals surface area (Å²) in [7, 11) is 0.702. The fourth-order valence-electron chi connectivity index (χ4n) is 3.45. The Kier molecular flexibility index (Phi) is 4.60. The molecule has 2 aromatic rings. The van der Waals surface area contributed by atoms with Gasteiger partial charge in [-0.05, 0) is 49.1 Å². The molecule has 1 fully saturated rings. The van der Waals surface area contributed by atoms with E-state index in [0.717, 1.165) is 5.75 Å². The van der Waals surface area contributed by atoms with Gasteiger partial charge in [-0.15, -0.1) is 0 Å². The molecule has 1 aliphatic rings. The molecule has 1 saturated heterocycles. The van der Waals surface area contributed by atoms with Gasteiger partial charge in [-0.2, -0.15) is 0 Å². The lowest BCUT2D eigenvalue weighted by Gasteiger charge is -2.31. The van der Waals surface area contributed by atoms with Gasteiger partial charge in [0, 0.05) is 0 Å². The number of ether oxygens (including phenoxy) is 1. The molecule has 0 amide bonds. The van der Waals surface area contributed by atoms with Gasteiger partial charge in [0.25, 0.3) is 0 Å². The maximum atomic E-state index is 5.28. The number of benzene rings is 2. The highest BCUT2D eigenvalue weighted by Crippen LogP contribution is 2.63. The first-order chi connectivity index (χ1) is 10.3. The number of hydrogen-bond donors (Lipinski definition) is 0. The maximum Gasteiger partial charge on any atom is 0.118 e. The summed E-state index contributed by atoms with van der Waals surface area (Å²) in [5.41, 5.74) is 1.47. The van der Waals surface area contributed by atoms with E-state index in [1.807, 2.05) is 0 Å². The summed E-state index contributed by atoms with van der Waals surface area (Å²) in [6.45, 7) is 0. The minimum Gasteiger partial charge on any atom is -0.497 e. The van der Waals surface area contributed by atoms with Crippen LogP contribution in [-0.4, -0.2) is 19.4 Å².